The van der Waals surface area contributed by atoms with Crippen molar-refractivity contribution in [3.05, 3.63) is 65.7 Å². The highest BCUT2D eigenvalue weighted by molar-refractivity contribution is 5.85. The van der Waals surface area contributed by atoms with E-state index >= 15 is 0 Å². The van der Waals surface area contributed by atoms with Crippen molar-refractivity contribution >= 4 is 12.0 Å². The smallest absolute Gasteiger partial charge is 0.407 e. The molecule has 0 fully saturated rings. The number of carbonyl (C=O) groups is 2. The van der Waals surface area contributed by atoms with Gasteiger partial charge in [-0.2, -0.15) is 0 Å². The maximum Gasteiger partial charge on any atom is 0.407 e. The Morgan fingerprint density at radius 3 is 2.20 bits per heavy atom. The lowest BCUT2D eigenvalue weighted by Gasteiger charge is -2.25. The van der Waals surface area contributed by atoms with Gasteiger partial charge in [0.15, 0.2) is 0 Å². The largest absolute Gasteiger partial charge is 0.488 e. The fraction of sp³-hybridized carbons (Fsp3) is 0.417. The van der Waals surface area contributed by atoms with Gasteiger partial charge in [0.2, 0.25) is 5.91 Å². The van der Waals surface area contributed by atoms with Crippen LogP contribution in [0.3, 0.4) is 0 Å². The Balaban J connectivity index is 2.11. The predicted octanol–water partition coefficient (Wildman–Crippen LogP) is 4.18. The highest BCUT2D eigenvalue weighted by Gasteiger charge is 2.25. The van der Waals surface area contributed by atoms with Gasteiger partial charge < -0.3 is 19.7 Å². The summed E-state index contributed by atoms with van der Waals surface area (Å²) < 4.78 is 10.8. The number of alkyl carbamates (subject to hydrolysis) is 1. The summed E-state index contributed by atoms with van der Waals surface area (Å²) in [6.07, 6.45) is -0.247. The van der Waals surface area contributed by atoms with Gasteiger partial charge in [-0.15, -0.1) is 0 Å². The minimum atomic E-state index is -0.729. The van der Waals surface area contributed by atoms with E-state index in [0.717, 1.165) is 16.9 Å². The third-order valence-electron chi connectivity index (χ3n) is 4.29. The predicted molar refractivity (Wildman–Crippen MR) is 117 cm³/mol. The number of amides is 2. The summed E-state index contributed by atoms with van der Waals surface area (Å²) in [4.78, 5) is 26.7. The summed E-state index contributed by atoms with van der Waals surface area (Å²) in [6.45, 7) is 8.39. The van der Waals surface area contributed by atoms with Crippen LogP contribution in [0.4, 0.5) is 4.79 Å². The Morgan fingerprint density at radius 1 is 1.00 bits per heavy atom. The van der Waals surface area contributed by atoms with Gasteiger partial charge in [0.25, 0.3) is 0 Å². The average molecular weight is 413 g/mol. The first kappa shape index (κ1) is 23.3. The van der Waals surface area contributed by atoms with Crippen molar-refractivity contribution < 1.29 is 19.1 Å². The molecule has 0 aromatic heterocycles. The zero-order valence-corrected chi connectivity index (χ0v) is 18.5. The number of nitrogens with zero attached hydrogens (tertiary/aromatic N) is 1. The van der Waals surface area contributed by atoms with Crippen LogP contribution < -0.4 is 10.1 Å². The van der Waals surface area contributed by atoms with Crippen LogP contribution in [0.15, 0.2) is 54.6 Å². The van der Waals surface area contributed by atoms with Crippen LogP contribution in [0.5, 0.6) is 5.75 Å². The molecule has 0 saturated heterocycles. The van der Waals surface area contributed by atoms with Crippen LogP contribution in [0.25, 0.3) is 0 Å². The van der Waals surface area contributed by atoms with E-state index in [1.54, 1.807) is 18.9 Å². The molecule has 2 aromatic rings. The second kappa shape index (κ2) is 10.7. The zero-order valence-electron chi connectivity index (χ0n) is 18.5. The zero-order chi connectivity index (χ0) is 22.1. The van der Waals surface area contributed by atoms with Gasteiger partial charge in [-0.1, -0.05) is 42.5 Å². The van der Waals surface area contributed by atoms with E-state index in [9.17, 15) is 9.59 Å². The molecule has 6 heteroatoms. The molecule has 0 aliphatic rings. The van der Waals surface area contributed by atoms with Gasteiger partial charge in [0, 0.05) is 20.0 Å². The lowest BCUT2D eigenvalue weighted by molar-refractivity contribution is -0.132. The summed E-state index contributed by atoms with van der Waals surface area (Å²) >= 11 is 0. The van der Waals surface area contributed by atoms with E-state index in [0.29, 0.717) is 13.0 Å². The normalized spacial score (nSPS) is 12.0. The van der Waals surface area contributed by atoms with E-state index in [-0.39, 0.29) is 18.1 Å². The first-order chi connectivity index (χ1) is 14.2. The molecule has 2 rings (SSSR count). The van der Waals surface area contributed by atoms with Gasteiger partial charge in [0.1, 0.15) is 17.4 Å². The molecule has 2 aromatic carbocycles. The number of rotatable bonds is 8. The van der Waals surface area contributed by atoms with Crippen LogP contribution in [0.1, 0.15) is 38.8 Å². The number of carbonyl (C=O) groups excluding carboxylic acids is 2. The maximum absolute atomic E-state index is 13.1. The number of hydrogen-bond acceptors (Lipinski definition) is 4. The van der Waals surface area contributed by atoms with Gasteiger partial charge >= 0.3 is 6.09 Å². The molecule has 2 amide bonds. The highest BCUT2D eigenvalue weighted by atomic mass is 16.5. The summed E-state index contributed by atoms with van der Waals surface area (Å²) in [6, 6.07) is 16.6. The van der Waals surface area contributed by atoms with Crippen LogP contribution in [-0.2, 0) is 22.5 Å². The molecule has 0 aliphatic heterocycles. The standard InChI is InChI=1S/C24H32N2O4/c1-6-29-23(28)25-21(22(27)26(5)17-19-10-8-7-9-11-19)16-18-12-14-20(15-13-18)30-24(2,3)4/h7-15,21H,6,16-17H2,1-5H3,(H,25,28)/t21-/m0/s1. The molecule has 0 aliphatic carbocycles. The molecule has 1 atom stereocenters. The van der Waals surface area contributed by atoms with Crippen LogP contribution >= 0.6 is 0 Å². The fourth-order valence-electron chi connectivity index (χ4n) is 3.00. The summed E-state index contributed by atoms with van der Waals surface area (Å²) in [5, 5.41) is 2.70. The molecular formula is C24H32N2O4. The van der Waals surface area contributed by atoms with Crippen LogP contribution in [-0.4, -0.2) is 42.2 Å². The molecule has 0 saturated carbocycles. The fourth-order valence-corrected chi connectivity index (χ4v) is 3.00. The van der Waals surface area contributed by atoms with Crippen molar-refractivity contribution in [2.45, 2.75) is 52.3 Å². The highest BCUT2D eigenvalue weighted by Crippen LogP contribution is 2.19. The second-order valence-electron chi connectivity index (χ2n) is 8.16. The summed E-state index contributed by atoms with van der Waals surface area (Å²) in [7, 11) is 1.73. The average Bonchev–Trinajstić information content (AvgIpc) is 2.68. The lowest BCUT2D eigenvalue weighted by atomic mass is 10.0. The monoisotopic (exact) mass is 412 g/mol. The summed E-state index contributed by atoms with van der Waals surface area (Å²) in [5.41, 5.74) is 1.65. The van der Waals surface area contributed by atoms with E-state index < -0.39 is 12.1 Å². The first-order valence-corrected chi connectivity index (χ1v) is 10.2. The quantitative estimate of drug-likeness (QED) is 0.706. The molecule has 0 bridgehead atoms. The SMILES string of the molecule is CCOC(=O)N[C@@H](Cc1ccc(OC(C)(C)C)cc1)C(=O)N(C)Cc1ccccc1. The van der Waals surface area contributed by atoms with Gasteiger partial charge in [0.05, 0.1) is 6.61 Å². The molecule has 0 heterocycles. The Labute approximate surface area is 179 Å². The van der Waals surface area contributed by atoms with Crippen molar-refractivity contribution in [1.82, 2.24) is 10.2 Å². The van der Waals surface area contributed by atoms with E-state index in [1.807, 2.05) is 75.4 Å². The van der Waals surface area contributed by atoms with Crippen molar-refractivity contribution in [1.29, 1.82) is 0 Å². The Bertz CT molecular complexity index is 813. The molecule has 30 heavy (non-hydrogen) atoms. The minimum Gasteiger partial charge on any atom is -0.488 e. The van der Waals surface area contributed by atoms with Gasteiger partial charge in [-0.3, -0.25) is 4.79 Å². The van der Waals surface area contributed by atoms with Gasteiger partial charge in [-0.25, -0.2) is 4.79 Å². The molecule has 0 radical (unpaired) electrons. The van der Waals surface area contributed by atoms with Crippen LogP contribution in [0, 0.1) is 0 Å². The number of nitrogens with one attached hydrogen (secondary N) is 1. The second-order valence-corrected chi connectivity index (χ2v) is 8.16. The number of ether oxygens (including phenoxy) is 2. The summed E-state index contributed by atoms with van der Waals surface area (Å²) in [5.74, 6) is 0.579. The molecule has 1 N–H and O–H groups in total. The Hall–Kier alpha value is -3.02. The molecule has 0 spiro atoms. The number of likely N-dealkylation sites (N-methyl/N-ethyl adjacent to an activating group) is 1. The third-order valence-corrected chi connectivity index (χ3v) is 4.29. The lowest BCUT2D eigenvalue weighted by Crippen LogP contribution is -2.48. The third kappa shape index (κ3) is 7.78. The van der Waals surface area contributed by atoms with Crippen molar-refractivity contribution in [2.24, 2.45) is 0 Å². The molecule has 162 valence electrons. The Morgan fingerprint density at radius 2 is 1.63 bits per heavy atom. The van der Waals surface area contributed by atoms with Crippen LogP contribution in [0.2, 0.25) is 0 Å². The van der Waals surface area contributed by atoms with Crippen molar-refractivity contribution in [3.8, 4) is 5.75 Å². The van der Waals surface area contributed by atoms with E-state index in [4.69, 9.17) is 9.47 Å². The number of hydrogen-bond donors (Lipinski definition) is 1. The number of benzene rings is 2. The molecule has 6 nitrogen and oxygen atoms in total. The minimum absolute atomic E-state index is 0.179. The first-order valence-electron chi connectivity index (χ1n) is 10.2. The molecule has 0 unspecified atom stereocenters. The topological polar surface area (TPSA) is 67.9 Å². The van der Waals surface area contributed by atoms with E-state index in [2.05, 4.69) is 5.32 Å². The van der Waals surface area contributed by atoms with Crippen molar-refractivity contribution in [3.63, 3.8) is 0 Å². The van der Waals surface area contributed by atoms with Gasteiger partial charge in [-0.05, 0) is 51.0 Å². The maximum atomic E-state index is 13.1. The van der Waals surface area contributed by atoms with E-state index in [1.165, 1.54) is 0 Å². The molecular weight excluding hydrogens is 380 g/mol. The Kier molecular flexibility index (Phi) is 8.27. The van der Waals surface area contributed by atoms with Crippen molar-refractivity contribution in [2.75, 3.05) is 13.7 Å².